The fourth-order valence-corrected chi connectivity index (χ4v) is 3.90. The number of nitrogens with two attached hydrogens (primary N) is 1. The third-order valence-electron chi connectivity index (χ3n) is 3.60. The van der Waals surface area contributed by atoms with E-state index in [1.54, 1.807) is 13.3 Å². The number of nitrogens with zero attached hydrogens (tertiary/aromatic N) is 3. The Morgan fingerprint density at radius 1 is 1.32 bits per heavy atom. The molecule has 1 aromatic carbocycles. The highest BCUT2D eigenvalue weighted by molar-refractivity contribution is 7.91. The Balaban J connectivity index is 2.04. The SMILES string of the molecule is COc1ccccc1C(Nc1ncc(S(N)(=O)=O)s1)c1nccn1C. The summed E-state index contributed by atoms with van der Waals surface area (Å²) in [6.45, 7) is 0. The molecule has 8 nitrogen and oxygen atoms in total. The number of anilines is 1. The van der Waals surface area contributed by atoms with Crippen LogP contribution in [0.15, 0.2) is 47.1 Å². The largest absolute Gasteiger partial charge is 0.496 e. The van der Waals surface area contributed by atoms with Crippen molar-refractivity contribution in [2.24, 2.45) is 12.2 Å². The molecule has 1 atom stereocenters. The van der Waals surface area contributed by atoms with Crippen LogP contribution in [-0.2, 0) is 17.1 Å². The minimum atomic E-state index is -3.79. The molecule has 3 aromatic rings. The van der Waals surface area contributed by atoms with E-state index in [4.69, 9.17) is 9.88 Å². The fourth-order valence-electron chi connectivity index (χ4n) is 2.42. The number of hydrogen-bond acceptors (Lipinski definition) is 7. The van der Waals surface area contributed by atoms with Gasteiger partial charge in [0.15, 0.2) is 9.34 Å². The lowest BCUT2D eigenvalue weighted by Crippen LogP contribution is -2.17. The second-order valence-corrected chi connectivity index (χ2v) is 8.06. The number of ether oxygens (including phenoxy) is 1. The third-order valence-corrected chi connectivity index (χ3v) is 5.94. The van der Waals surface area contributed by atoms with E-state index in [1.807, 2.05) is 42.1 Å². The van der Waals surface area contributed by atoms with Gasteiger partial charge in [-0.25, -0.2) is 23.5 Å². The molecule has 0 spiro atoms. The van der Waals surface area contributed by atoms with Crippen molar-refractivity contribution in [1.29, 1.82) is 0 Å². The molecule has 0 amide bonds. The maximum atomic E-state index is 11.5. The van der Waals surface area contributed by atoms with Gasteiger partial charge in [0.05, 0.1) is 13.3 Å². The normalized spacial score (nSPS) is 12.8. The van der Waals surface area contributed by atoms with Crippen LogP contribution in [0.3, 0.4) is 0 Å². The van der Waals surface area contributed by atoms with Crippen LogP contribution in [0.4, 0.5) is 5.13 Å². The summed E-state index contributed by atoms with van der Waals surface area (Å²) in [5.74, 6) is 1.42. The predicted octanol–water partition coefficient (Wildman–Crippen LogP) is 1.73. The molecule has 0 bridgehead atoms. The molecule has 0 saturated carbocycles. The fraction of sp³-hybridized carbons (Fsp3) is 0.200. The van der Waals surface area contributed by atoms with Gasteiger partial charge < -0.3 is 14.6 Å². The van der Waals surface area contributed by atoms with Gasteiger partial charge in [-0.15, -0.1) is 0 Å². The molecule has 2 aromatic heterocycles. The van der Waals surface area contributed by atoms with Gasteiger partial charge in [0.25, 0.3) is 0 Å². The highest BCUT2D eigenvalue weighted by atomic mass is 32.2. The van der Waals surface area contributed by atoms with E-state index in [0.29, 0.717) is 10.9 Å². The number of aryl methyl sites for hydroxylation is 1. The Hall–Kier alpha value is -2.43. The van der Waals surface area contributed by atoms with Gasteiger partial charge in [-0.05, 0) is 6.07 Å². The lowest BCUT2D eigenvalue weighted by atomic mass is 10.1. The van der Waals surface area contributed by atoms with Crippen molar-refractivity contribution >= 4 is 26.5 Å². The molecule has 0 radical (unpaired) electrons. The van der Waals surface area contributed by atoms with Gasteiger partial charge in [-0.2, -0.15) is 0 Å². The Labute approximate surface area is 149 Å². The van der Waals surface area contributed by atoms with Crippen LogP contribution >= 0.6 is 11.3 Å². The number of hydrogen-bond donors (Lipinski definition) is 2. The van der Waals surface area contributed by atoms with Crippen LogP contribution < -0.4 is 15.2 Å². The van der Waals surface area contributed by atoms with E-state index in [2.05, 4.69) is 15.3 Å². The Bertz CT molecular complexity index is 980. The quantitative estimate of drug-likeness (QED) is 0.675. The second kappa shape index (κ2) is 6.82. The van der Waals surface area contributed by atoms with Crippen molar-refractivity contribution in [2.45, 2.75) is 10.3 Å². The number of para-hydroxylation sites is 1. The summed E-state index contributed by atoms with van der Waals surface area (Å²) in [6.07, 6.45) is 4.76. The van der Waals surface area contributed by atoms with Crippen molar-refractivity contribution in [3.63, 3.8) is 0 Å². The van der Waals surface area contributed by atoms with E-state index in [9.17, 15) is 8.42 Å². The number of rotatable bonds is 6. The highest BCUT2D eigenvalue weighted by Gasteiger charge is 2.23. The number of primary sulfonamides is 1. The van der Waals surface area contributed by atoms with Crippen molar-refractivity contribution in [3.8, 4) is 5.75 Å². The first kappa shape index (κ1) is 17.4. The summed E-state index contributed by atoms with van der Waals surface area (Å²) >= 11 is 0.966. The molecule has 1 unspecified atom stereocenters. The number of sulfonamides is 1. The van der Waals surface area contributed by atoms with Crippen LogP contribution in [0, 0.1) is 0 Å². The molecule has 0 fully saturated rings. The van der Waals surface area contributed by atoms with Gasteiger partial charge in [-0.3, -0.25) is 0 Å². The van der Waals surface area contributed by atoms with Gasteiger partial charge >= 0.3 is 0 Å². The molecule has 25 heavy (non-hydrogen) atoms. The smallest absolute Gasteiger partial charge is 0.249 e. The van der Waals surface area contributed by atoms with Gasteiger partial charge in [0.1, 0.15) is 17.6 Å². The van der Waals surface area contributed by atoms with Crippen molar-refractivity contribution < 1.29 is 13.2 Å². The molecular weight excluding hydrogens is 362 g/mol. The van der Waals surface area contributed by atoms with Crippen LogP contribution in [0.5, 0.6) is 5.75 Å². The molecule has 0 aliphatic heterocycles. The summed E-state index contributed by atoms with van der Waals surface area (Å²) in [4.78, 5) is 8.51. The second-order valence-electron chi connectivity index (χ2n) is 5.25. The summed E-state index contributed by atoms with van der Waals surface area (Å²) in [5, 5.41) is 8.80. The van der Waals surface area contributed by atoms with Crippen molar-refractivity contribution in [2.75, 3.05) is 12.4 Å². The van der Waals surface area contributed by atoms with Gasteiger partial charge in [0.2, 0.25) is 10.0 Å². The minimum Gasteiger partial charge on any atom is -0.496 e. The van der Waals surface area contributed by atoms with E-state index < -0.39 is 10.0 Å². The Morgan fingerprint density at radius 3 is 2.68 bits per heavy atom. The Morgan fingerprint density at radius 2 is 2.08 bits per heavy atom. The maximum Gasteiger partial charge on any atom is 0.249 e. The third kappa shape index (κ3) is 3.65. The molecule has 0 aliphatic rings. The standard InChI is InChI=1S/C15H17N5O3S2/c1-20-8-7-17-14(20)13(10-5-3-4-6-11(10)23-2)19-15-18-9-12(24-15)25(16,21)22/h3-9,13H,1-2H3,(H,18,19)(H2,16,21,22). The average Bonchev–Trinajstić information content (AvgIpc) is 3.21. The number of thiazole rings is 1. The predicted molar refractivity (Wildman–Crippen MR) is 95.2 cm³/mol. The zero-order valence-electron chi connectivity index (χ0n) is 13.6. The highest BCUT2D eigenvalue weighted by Crippen LogP contribution is 2.33. The number of methoxy groups -OCH3 is 1. The van der Waals surface area contributed by atoms with Crippen LogP contribution in [-0.4, -0.2) is 30.1 Å². The van der Waals surface area contributed by atoms with Gasteiger partial charge in [-0.1, -0.05) is 29.5 Å². The van der Waals surface area contributed by atoms with E-state index in [0.717, 1.165) is 22.7 Å². The zero-order chi connectivity index (χ0) is 18.0. The first-order chi connectivity index (χ1) is 11.9. The lowest BCUT2D eigenvalue weighted by Gasteiger charge is -2.20. The number of aromatic nitrogens is 3. The summed E-state index contributed by atoms with van der Waals surface area (Å²) < 4.78 is 30.3. The summed E-state index contributed by atoms with van der Waals surface area (Å²) in [7, 11) is -0.314. The van der Waals surface area contributed by atoms with Crippen LogP contribution in [0.1, 0.15) is 17.4 Å². The molecule has 10 heteroatoms. The number of imidazole rings is 1. The molecule has 3 N–H and O–H groups in total. The number of nitrogens with one attached hydrogen (secondary N) is 1. The lowest BCUT2D eigenvalue weighted by molar-refractivity contribution is 0.408. The van der Waals surface area contributed by atoms with Crippen molar-refractivity contribution in [1.82, 2.24) is 14.5 Å². The Kier molecular flexibility index (Phi) is 4.75. The first-order valence-corrected chi connectivity index (χ1v) is 9.61. The molecule has 0 aliphatic carbocycles. The molecular formula is C15H17N5O3S2. The summed E-state index contributed by atoms with van der Waals surface area (Å²) in [6, 6.07) is 7.16. The topological polar surface area (TPSA) is 112 Å². The average molecular weight is 379 g/mol. The minimum absolute atomic E-state index is 0.00591. The van der Waals surface area contributed by atoms with Crippen LogP contribution in [0.25, 0.3) is 0 Å². The van der Waals surface area contributed by atoms with E-state index >= 15 is 0 Å². The van der Waals surface area contributed by atoms with Crippen LogP contribution in [0.2, 0.25) is 0 Å². The molecule has 3 rings (SSSR count). The monoisotopic (exact) mass is 379 g/mol. The van der Waals surface area contributed by atoms with Gasteiger partial charge in [0, 0.05) is 25.0 Å². The molecule has 132 valence electrons. The van der Waals surface area contributed by atoms with E-state index in [1.165, 1.54) is 6.20 Å². The number of benzene rings is 1. The zero-order valence-corrected chi connectivity index (χ0v) is 15.2. The maximum absolute atomic E-state index is 11.5. The van der Waals surface area contributed by atoms with E-state index in [-0.39, 0.29) is 10.3 Å². The van der Waals surface area contributed by atoms with Crippen molar-refractivity contribution in [3.05, 3.63) is 54.2 Å². The molecule has 2 heterocycles. The molecule has 0 saturated heterocycles. The first-order valence-electron chi connectivity index (χ1n) is 7.25. The summed E-state index contributed by atoms with van der Waals surface area (Å²) in [5.41, 5.74) is 0.853.